The van der Waals surface area contributed by atoms with Gasteiger partial charge in [0.1, 0.15) is 75.1 Å². The first-order valence-corrected chi connectivity index (χ1v) is 34.3. The van der Waals surface area contributed by atoms with E-state index in [0.717, 1.165) is 0 Å². The van der Waals surface area contributed by atoms with Gasteiger partial charge >= 0.3 is 24.4 Å². The van der Waals surface area contributed by atoms with Gasteiger partial charge in [-0.15, -0.1) is 0 Å². The molecular formula is C71H87F2N11O22. The van der Waals surface area contributed by atoms with Gasteiger partial charge < -0.3 is 104 Å². The first kappa shape index (κ1) is 80.7. The number of azide groups is 2. The molecule has 1 saturated carbocycles. The molecule has 3 aliphatic heterocycles. The second-order valence-electron chi connectivity index (χ2n) is 25.4. The van der Waals surface area contributed by atoms with Crippen LogP contribution in [0.5, 0.6) is 0 Å². The minimum atomic E-state index is -4.19. The number of nitrogens with zero attached hydrogens (tertiary/aromatic N) is 7. The second kappa shape index (κ2) is 40.4. The lowest BCUT2D eigenvalue weighted by Gasteiger charge is -2.48. The number of hydrogen-bond donors (Lipinski definition) is 9. The summed E-state index contributed by atoms with van der Waals surface area (Å²) < 4.78 is 105. The van der Waals surface area contributed by atoms with E-state index in [-0.39, 0.29) is 45.7 Å². The molecule has 0 radical (unpaired) electrons. The number of alkyl carbamates (subject to hydrolysis) is 3. The van der Waals surface area contributed by atoms with Crippen LogP contribution >= 0.6 is 0 Å². The fraction of sp³-hybridized carbons (Fsp3) is 0.507. The number of aliphatic hydroxyl groups excluding tert-OH is 5. The smallest absolute Gasteiger partial charge is 0.412 e. The molecule has 3 heterocycles. The molecule has 19 atom stereocenters. The van der Waals surface area contributed by atoms with Crippen LogP contribution in [0.2, 0.25) is 0 Å². The van der Waals surface area contributed by atoms with Crippen LogP contribution in [-0.2, 0) is 88.1 Å². The maximum atomic E-state index is 16.1. The van der Waals surface area contributed by atoms with E-state index in [1.165, 1.54) is 12.0 Å². The van der Waals surface area contributed by atoms with Crippen LogP contribution in [0.1, 0.15) is 73.1 Å². The van der Waals surface area contributed by atoms with Crippen molar-refractivity contribution < 1.29 is 115 Å². The fourth-order valence-electron chi connectivity index (χ4n) is 12.5. The number of amides is 5. The number of alkyl halides is 2. The number of nitrogens with one attached hydrogen (secondary N) is 4. The van der Waals surface area contributed by atoms with Crippen molar-refractivity contribution in [2.45, 2.75) is 188 Å². The molecule has 9 N–H and O–H groups in total. The number of carbonyl (C=O) groups is 5. The number of rotatable bonds is 34. The number of methoxy groups -OCH3 is 1. The van der Waals surface area contributed by atoms with Gasteiger partial charge in [0.2, 0.25) is 0 Å². The van der Waals surface area contributed by atoms with Crippen LogP contribution in [-0.4, -0.2) is 217 Å². The van der Waals surface area contributed by atoms with Crippen LogP contribution in [0, 0.1) is 0 Å². The molecule has 5 amide bonds. The minimum absolute atomic E-state index is 0.170. The minimum Gasteiger partial charge on any atom is -0.445 e. The molecule has 106 heavy (non-hydrogen) atoms. The monoisotopic (exact) mass is 1480 g/mol. The average molecular weight is 1480 g/mol. The summed E-state index contributed by atoms with van der Waals surface area (Å²) in [5, 5.41) is 77.6. The zero-order chi connectivity index (χ0) is 75.5. The summed E-state index contributed by atoms with van der Waals surface area (Å²) in [6.07, 6.45) is -32.4. The van der Waals surface area contributed by atoms with Crippen LogP contribution in [0.15, 0.2) is 162 Å². The van der Waals surface area contributed by atoms with Gasteiger partial charge in [0.15, 0.2) is 31.2 Å². The lowest BCUT2D eigenvalue weighted by molar-refractivity contribution is -0.298. The van der Waals surface area contributed by atoms with Crippen molar-refractivity contribution in [1.29, 1.82) is 0 Å². The Bertz CT molecular complexity index is 3670. The van der Waals surface area contributed by atoms with Gasteiger partial charge in [0.25, 0.3) is 11.8 Å². The highest BCUT2D eigenvalue weighted by Crippen LogP contribution is 2.38. The summed E-state index contributed by atoms with van der Waals surface area (Å²) in [6.45, 7) is -3.08. The summed E-state index contributed by atoms with van der Waals surface area (Å²) in [6, 6.07) is 36.1. The molecule has 572 valence electrons. The average Bonchev–Trinajstić information content (AvgIpc) is 0.959. The highest BCUT2D eigenvalue weighted by molar-refractivity contribution is 5.82. The van der Waals surface area contributed by atoms with E-state index >= 15 is 8.78 Å². The van der Waals surface area contributed by atoms with Crippen molar-refractivity contribution in [1.82, 2.24) is 26.2 Å². The molecular weight excluding hydrogens is 1400 g/mol. The highest BCUT2D eigenvalue weighted by Gasteiger charge is 2.57. The third-order valence-electron chi connectivity index (χ3n) is 17.8. The first-order valence-electron chi connectivity index (χ1n) is 34.3. The largest absolute Gasteiger partial charge is 0.445 e. The number of aliphatic hydroxyl groups is 5. The van der Waals surface area contributed by atoms with Gasteiger partial charge in [-0.25, -0.2) is 28.0 Å². The molecule has 35 heteroatoms. The maximum absolute atomic E-state index is 16.1. The fourth-order valence-corrected chi connectivity index (χ4v) is 12.5. The molecule has 33 nitrogen and oxygen atoms in total. The van der Waals surface area contributed by atoms with Gasteiger partial charge in [-0.1, -0.05) is 175 Å². The van der Waals surface area contributed by atoms with E-state index < -0.39 is 192 Å². The molecule has 9 rings (SSSR count). The second-order valence-corrected chi connectivity index (χ2v) is 25.4. The van der Waals surface area contributed by atoms with E-state index in [0.29, 0.717) is 34.2 Å². The Morgan fingerprint density at radius 2 is 1.06 bits per heavy atom. The number of halogens is 2. The van der Waals surface area contributed by atoms with E-state index in [1.54, 1.807) is 159 Å². The SMILES string of the molecule is CCCCO[C@H](C(=O)N[C@@H]1C[C@H](NC(=O)OCc2ccccc2)[C@@H](O[C@H]2O[C@H](CN=[N+]=[N-])C[C@@H](O)[C@H]2NC(=O)OCc2ccccc2)[C@H](O[C@@H]2O[C@H](CO)[C@@H](O[C@H]3O[C@@H](CN(C(=O)OCc4ccccc4)C(OC)c4ccccc4)C[C@H](O)[C@H]3NC(=O)OCc3ccccc3)[C@H]2O)[C@H]1O)C(F)(F)CN=[N+]=[N-]. The molecule has 0 spiro atoms. The number of ether oxygens (including phenoxy) is 12. The van der Waals surface area contributed by atoms with Crippen molar-refractivity contribution in [3.05, 3.63) is 200 Å². The molecule has 0 bridgehead atoms. The van der Waals surface area contributed by atoms with Gasteiger partial charge in [-0.2, -0.15) is 0 Å². The number of carbonyl (C=O) groups excluding carboxylic acids is 5. The zero-order valence-electron chi connectivity index (χ0n) is 57.9. The van der Waals surface area contributed by atoms with Gasteiger partial charge in [-0.05, 0) is 46.2 Å². The Kier molecular flexibility index (Phi) is 30.7. The summed E-state index contributed by atoms with van der Waals surface area (Å²) in [4.78, 5) is 77.1. The number of benzene rings is 5. The standard InChI is InChI=1S/C71H87F2N11O22/c1-3-4-30-96-61(71(72,73)41-77-83-75)62(90)78-49-33-50(79-67(91)97-37-42-20-10-5-11-21-42)58(104-64-54(51(86)31-47(101-64)34-76-82-74)80-68(92)98-38-43-22-12-6-13-23-43)60(56(49)88)106-66-57(89)59(53(36-85)103-66)105-65-55(81-69(93)99-39-44-24-14-7-15-25-44)52(87)32-48(102-65)35-84(63(95-2)46-28-18-9-19-29-46)70(94)100-40-45-26-16-8-17-27-45/h5-29,47-61,63-66,85-89H,3-4,30-41H2,1-2H3,(H,78,90)(H,79,91)(H,80,92)(H,81,93)/t47-,48+,49+,50-,51+,52-,53+,54+,55+,56-,57+,58+,59+,60+,61+,63?,64+,65+,66-/m0/s1. The van der Waals surface area contributed by atoms with Crippen molar-refractivity contribution >= 4 is 30.3 Å². The summed E-state index contributed by atoms with van der Waals surface area (Å²) in [5.41, 5.74) is 21.3. The molecule has 4 aliphatic rings. The molecule has 5 aromatic carbocycles. The van der Waals surface area contributed by atoms with Gasteiger partial charge in [-0.3, -0.25) is 9.69 Å². The van der Waals surface area contributed by atoms with Crippen LogP contribution in [0.3, 0.4) is 0 Å². The Morgan fingerprint density at radius 3 is 1.56 bits per heavy atom. The van der Waals surface area contributed by atoms with E-state index in [9.17, 15) is 55.0 Å². The Labute approximate surface area is 607 Å². The summed E-state index contributed by atoms with van der Waals surface area (Å²) >= 11 is 0. The first-order chi connectivity index (χ1) is 51.3. The highest BCUT2D eigenvalue weighted by atomic mass is 19.3. The third kappa shape index (κ3) is 22.8. The topological polar surface area (TPSA) is 446 Å². The van der Waals surface area contributed by atoms with Gasteiger partial charge in [0, 0.05) is 41.9 Å². The van der Waals surface area contributed by atoms with Crippen LogP contribution < -0.4 is 21.3 Å². The third-order valence-corrected chi connectivity index (χ3v) is 17.8. The molecule has 0 aromatic heterocycles. The molecule has 5 aromatic rings. The summed E-state index contributed by atoms with van der Waals surface area (Å²) in [5.74, 6) is -5.75. The van der Waals surface area contributed by atoms with Crippen molar-refractivity contribution in [2.75, 3.05) is 40.0 Å². The Hall–Kier alpha value is -9.39. The zero-order valence-corrected chi connectivity index (χ0v) is 57.9. The Balaban J connectivity index is 1.08. The molecule has 1 aliphatic carbocycles. The normalized spacial score (nSPS) is 26.9. The molecule has 1 unspecified atom stereocenters. The number of hydrogen-bond acceptors (Lipinski definition) is 24. The van der Waals surface area contributed by atoms with E-state index in [2.05, 4.69) is 41.3 Å². The predicted molar refractivity (Wildman–Crippen MR) is 365 cm³/mol. The quantitative estimate of drug-likeness (QED) is 0.00514. The number of unbranched alkanes of at least 4 members (excludes halogenated alkanes) is 1. The van der Waals surface area contributed by atoms with E-state index in [4.69, 9.17) is 62.4 Å². The lowest BCUT2D eigenvalue weighted by atomic mass is 9.83. The predicted octanol–water partition coefficient (Wildman–Crippen LogP) is 6.73. The van der Waals surface area contributed by atoms with Crippen LogP contribution in [0.25, 0.3) is 20.9 Å². The summed E-state index contributed by atoms with van der Waals surface area (Å²) in [7, 11) is 1.36. The van der Waals surface area contributed by atoms with E-state index in [1.807, 2.05) is 0 Å². The molecule has 3 saturated heterocycles. The maximum Gasteiger partial charge on any atom is 0.412 e. The Morgan fingerprint density at radius 1 is 0.585 bits per heavy atom. The van der Waals surface area contributed by atoms with Crippen LogP contribution in [0.4, 0.5) is 28.0 Å². The molecule has 4 fully saturated rings. The van der Waals surface area contributed by atoms with Crippen molar-refractivity contribution in [3.8, 4) is 0 Å². The lowest BCUT2D eigenvalue weighted by Crippen LogP contribution is -2.69. The van der Waals surface area contributed by atoms with Gasteiger partial charge in [0.05, 0.1) is 62.7 Å². The van der Waals surface area contributed by atoms with Crippen molar-refractivity contribution in [2.24, 2.45) is 10.2 Å². The van der Waals surface area contributed by atoms with Crippen molar-refractivity contribution in [3.63, 3.8) is 0 Å².